The summed E-state index contributed by atoms with van der Waals surface area (Å²) in [5.41, 5.74) is 0. The van der Waals surface area contributed by atoms with E-state index in [9.17, 15) is 8.42 Å². The molecule has 2 rings (SSSR count). The SMILES string of the molecule is Cc1nnc(NS(=O)(=O)c2cc(CO)sc2Br)s1. The lowest BCUT2D eigenvalue weighted by Crippen LogP contribution is -2.12. The van der Waals surface area contributed by atoms with Crippen molar-refractivity contribution in [3.8, 4) is 0 Å². The first-order valence-electron chi connectivity index (χ1n) is 4.64. The molecule has 2 heterocycles. The van der Waals surface area contributed by atoms with Crippen molar-refractivity contribution >= 4 is 53.8 Å². The Morgan fingerprint density at radius 3 is 2.67 bits per heavy atom. The maximum Gasteiger partial charge on any atom is 0.265 e. The number of halogens is 1. The first-order chi connectivity index (χ1) is 8.42. The summed E-state index contributed by atoms with van der Waals surface area (Å²) in [5.74, 6) is 0. The van der Waals surface area contributed by atoms with E-state index in [1.807, 2.05) is 0 Å². The van der Waals surface area contributed by atoms with E-state index in [-0.39, 0.29) is 16.6 Å². The molecule has 98 valence electrons. The fourth-order valence-electron chi connectivity index (χ4n) is 1.17. The summed E-state index contributed by atoms with van der Waals surface area (Å²) in [7, 11) is -3.71. The number of nitrogens with one attached hydrogen (secondary N) is 1. The van der Waals surface area contributed by atoms with E-state index < -0.39 is 10.0 Å². The Hall–Kier alpha value is -0.550. The lowest BCUT2D eigenvalue weighted by Gasteiger charge is -2.02. The van der Waals surface area contributed by atoms with Gasteiger partial charge in [-0.3, -0.25) is 4.72 Å². The first kappa shape index (κ1) is 13.9. The molecule has 10 heteroatoms. The highest BCUT2D eigenvalue weighted by Crippen LogP contribution is 2.33. The molecule has 2 aromatic heterocycles. The molecule has 6 nitrogen and oxygen atoms in total. The Labute approximate surface area is 120 Å². The summed E-state index contributed by atoms with van der Waals surface area (Å²) in [6, 6.07) is 1.42. The van der Waals surface area contributed by atoms with E-state index in [1.165, 1.54) is 17.4 Å². The van der Waals surface area contributed by atoms with Gasteiger partial charge in [0.25, 0.3) is 10.0 Å². The molecule has 0 saturated carbocycles. The van der Waals surface area contributed by atoms with Gasteiger partial charge in [0, 0.05) is 4.88 Å². The molecule has 0 amide bonds. The fourth-order valence-corrected chi connectivity index (χ4v) is 5.53. The van der Waals surface area contributed by atoms with Gasteiger partial charge in [-0.2, -0.15) is 0 Å². The second-order valence-corrected chi connectivity index (χ2v) is 8.53. The Morgan fingerprint density at radius 1 is 1.44 bits per heavy atom. The average molecular weight is 370 g/mol. The van der Waals surface area contributed by atoms with Crippen molar-refractivity contribution in [1.29, 1.82) is 0 Å². The Bertz CT molecular complexity index is 664. The number of sulfonamides is 1. The van der Waals surface area contributed by atoms with Gasteiger partial charge in [-0.05, 0) is 28.9 Å². The van der Waals surface area contributed by atoms with Crippen molar-refractivity contribution in [2.45, 2.75) is 18.4 Å². The number of nitrogens with zero attached hydrogens (tertiary/aromatic N) is 2. The van der Waals surface area contributed by atoms with Crippen LogP contribution in [-0.4, -0.2) is 23.7 Å². The van der Waals surface area contributed by atoms with Crippen LogP contribution in [0.4, 0.5) is 5.13 Å². The third-order valence-electron chi connectivity index (χ3n) is 1.90. The second-order valence-electron chi connectivity index (χ2n) is 3.24. The largest absolute Gasteiger partial charge is 0.391 e. The van der Waals surface area contributed by atoms with Crippen LogP contribution in [0.15, 0.2) is 14.7 Å². The highest BCUT2D eigenvalue weighted by molar-refractivity contribution is 9.11. The van der Waals surface area contributed by atoms with Crippen LogP contribution >= 0.6 is 38.6 Å². The summed E-state index contributed by atoms with van der Waals surface area (Å²) in [6.45, 7) is 1.54. The monoisotopic (exact) mass is 369 g/mol. The number of rotatable bonds is 4. The molecule has 0 atom stereocenters. The van der Waals surface area contributed by atoms with Crippen LogP contribution in [0.1, 0.15) is 9.88 Å². The molecule has 18 heavy (non-hydrogen) atoms. The van der Waals surface area contributed by atoms with E-state index in [0.717, 1.165) is 11.3 Å². The Balaban J connectivity index is 2.33. The lowest BCUT2D eigenvalue weighted by molar-refractivity contribution is 0.285. The molecular formula is C8H8BrN3O3S3. The van der Waals surface area contributed by atoms with Crippen molar-refractivity contribution in [1.82, 2.24) is 10.2 Å². The van der Waals surface area contributed by atoms with E-state index in [4.69, 9.17) is 5.11 Å². The second kappa shape index (κ2) is 5.21. The fraction of sp³-hybridized carbons (Fsp3) is 0.250. The molecule has 0 spiro atoms. The van der Waals surface area contributed by atoms with Crippen LogP contribution in [0.5, 0.6) is 0 Å². The minimum atomic E-state index is -3.71. The normalized spacial score (nSPS) is 11.7. The lowest BCUT2D eigenvalue weighted by atomic mass is 10.5. The zero-order valence-corrected chi connectivity index (χ0v) is 13.1. The summed E-state index contributed by atoms with van der Waals surface area (Å²) in [6.07, 6.45) is 0. The van der Waals surface area contributed by atoms with Gasteiger partial charge < -0.3 is 5.11 Å². The van der Waals surface area contributed by atoms with E-state index in [0.29, 0.717) is 13.7 Å². The summed E-state index contributed by atoms with van der Waals surface area (Å²) < 4.78 is 27.0. The quantitative estimate of drug-likeness (QED) is 0.859. The van der Waals surface area contributed by atoms with Crippen LogP contribution in [0, 0.1) is 6.92 Å². The molecule has 0 saturated heterocycles. The summed E-state index contributed by atoms with van der Waals surface area (Å²) in [5, 5.41) is 17.3. The van der Waals surface area contributed by atoms with Gasteiger partial charge in [-0.25, -0.2) is 8.42 Å². The maximum absolute atomic E-state index is 12.1. The number of aryl methyl sites for hydroxylation is 1. The van der Waals surface area contributed by atoms with Crippen molar-refractivity contribution < 1.29 is 13.5 Å². The minimum absolute atomic E-state index is 0.0874. The molecule has 0 fully saturated rings. The first-order valence-corrected chi connectivity index (χ1v) is 8.55. The molecule has 2 aromatic rings. The van der Waals surface area contributed by atoms with E-state index >= 15 is 0 Å². The average Bonchev–Trinajstić information content (AvgIpc) is 2.84. The number of anilines is 1. The minimum Gasteiger partial charge on any atom is -0.391 e. The van der Waals surface area contributed by atoms with E-state index in [2.05, 4.69) is 30.8 Å². The molecule has 0 aliphatic heterocycles. The number of thiophene rings is 1. The van der Waals surface area contributed by atoms with Gasteiger partial charge >= 0.3 is 0 Å². The van der Waals surface area contributed by atoms with Crippen molar-refractivity contribution in [3.05, 3.63) is 19.7 Å². The summed E-state index contributed by atoms with van der Waals surface area (Å²) in [4.78, 5) is 0.653. The standard InChI is InChI=1S/C8H8BrN3O3S3/c1-4-10-11-8(16-4)12-18(14,15)6-2-5(3-13)17-7(6)9/h2,13H,3H2,1H3,(H,11,12). The molecule has 2 N–H and O–H groups in total. The van der Waals surface area contributed by atoms with Gasteiger partial charge in [-0.15, -0.1) is 21.5 Å². The molecule has 0 unspecified atom stereocenters. The Morgan fingerprint density at radius 2 is 2.17 bits per heavy atom. The zero-order chi connectivity index (χ0) is 13.3. The van der Waals surface area contributed by atoms with Gasteiger partial charge in [0.2, 0.25) is 5.13 Å². The predicted molar refractivity (Wildman–Crippen MR) is 73.4 cm³/mol. The van der Waals surface area contributed by atoms with Gasteiger partial charge in [0.1, 0.15) is 9.90 Å². The van der Waals surface area contributed by atoms with Crippen molar-refractivity contribution in [2.75, 3.05) is 4.72 Å². The van der Waals surface area contributed by atoms with Crippen molar-refractivity contribution in [3.63, 3.8) is 0 Å². The predicted octanol–water partition coefficient (Wildman–Crippen LogP) is 1.96. The Kier molecular flexibility index (Phi) is 4.02. The van der Waals surface area contributed by atoms with Gasteiger partial charge in [0.05, 0.1) is 10.4 Å². The third kappa shape index (κ3) is 2.88. The van der Waals surface area contributed by atoms with Crippen LogP contribution in [0.25, 0.3) is 0 Å². The molecule has 0 aromatic carbocycles. The van der Waals surface area contributed by atoms with Crippen LogP contribution < -0.4 is 4.72 Å². The van der Waals surface area contributed by atoms with Gasteiger partial charge in [-0.1, -0.05) is 11.3 Å². The topological polar surface area (TPSA) is 92.2 Å². The molecule has 0 aliphatic rings. The molecule has 0 aliphatic carbocycles. The number of aliphatic hydroxyl groups excluding tert-OH is 1. The number of hydrogen-bond donors (Lipinski definition) is 2. The van der Waals surface area contributed by atoms with Crippen LogP contribution in [0.2, 0.25) is 0 Å². The van der Waals surface area contributed by atoms with E-state index in [1.54, 1.807) is 6.92 Å². The van der Waals surface area contributed by atoms with Gasteiger partial charge in [0.15, 0.2) is 0 Å². The number of hydrogen-bond acceptors (Lipinski definition) is 7. The summed E-state index contributed by atoms with van der Waals surface area (Å²) >= 11 is 5.49. The van der Waals surface area contributed by atoms with Crippen LogP contribution in [0.3, 0.4) is 0 Å². The molecule has 0 bridgehead atoms. The number of aromatic nitrogens is 2. The smallest absolute Gasteiger partial charge is 0.265 e. The molecule has 0 radical (unpaired) electrons. The third-order valence-corrected chi connectivity index (χ3v) is 6.36. The maximum atomic E-state index is 12.1. The highest BCUT2D eigenvalue weighted by atomic mass is 79.9. The molecular weight excluding hydrogens is 362 g/mol. The van der Waals surface area contributed by atoms with Crippen LogP contribution in [-0.2, 0) is 16.6 Å². The number of aliphatic hydroxyl groups is 1. The zero-order valence-electron chi connectivity index (χ0n) is 9.05. The van der Waals surface area contributed by atoms with Crippen molar-refractivity contribution in [2.24, 2.45) is 0 Å². The highest BCUT2D eigenvalue weighted by Gasteiger charge is 2.22.